The second-order valence-corrected chi connectivity index (χ2v) is 7.47. The molecule has 0 amide bonds. The summed E-state index contributed by atoms with van der Waals surface area (Å²) in [6.07, 6.45) is 7.67. The topological polar surface area (TPSA) is 42.4 Å². The number of aromatic nitrogens is 1. The molecule has 0 aliphatic carbocycles. The molecule has 3 aromatic rings. The highest BCUT2D eigenvalue weighted by Gasteiger charge is 2.20. The number of pyridine rings is 1. The Morgan fingerprint density at radius 2 is 1.55 bits per heavy atom. The van der Waals surface area contributed by atoms with Gasteiger partial charge in [0.05, 0.1) is 0 Å². The number of hydrogen-bond donors (Lipinski definition) is 0. The van der Waals surface area contributed by atoms with Crippen molar-refractivity contribution in [1.82, 2.24) is 9.88 Å². The number of piperidine rings is 1. The third-order valence-corrected chi connectivity index (χ3v) is 5.43. The Labute approximate surface area is 172 Å². The van der Waals surface area contributed by atoms with Crippen molar-refractivity contribution in [3.05, 3.63) is 73.1 Å². The van der Waals surface area contributed by atoms with E-state index in [1.165, 1.54) is 5.56 Å². The smallest absolute Gasteiger partial charge is 0.121 e. The van der Waals surface area contributed by atoms with Gasteiger partial charge in [0.1, 0.15) is 18.1 Å². The average molecular weight is 386 g/mol. The summed E-state index contributed by atoms with van der Waals surface area (Å²) < 4.78 is 6.18. The number of rotatable bonds is 7. The van der Waals surface area contributed by atoms with Crippen molar-refractivity contribution in [3.63, 3.8) is 0 Å². The predicted molar refractivity (Wildman–Crippen MR) is 116 cm³/mol. The number of benzene rings is 2. The maximum atomic E-state index is 10.5. The largest absolute Gasteiger partial charge is 0.490 e. The standard InChI is InChI=1S/C25H26N2O2/c28-16-4-13-27-14-11-25(12-15-27)29-24-9-7-21(8-10-24)23-17-22(18-26-19-23)20-5-2-1-3-6-20/h1-3,5-10,16-19,25H,4,11-15H2. The normalized spacial score (nSPS) is 15.2. The van der Waals surface area contributed by atoms with E-state index in [0.717, 1.165) is 61.2 Å². The summed E-state index contributed by atoms with van der Waals surface area (Å²) in [6.45, 7) is 2.85. The minimum Gasteiger partial charge on any atom is -0.490 e. The predicted octanol–water partition coefficient (Wildman–Crippen LogP) is 4.85. The average Bonchev–Trinajstić information content (AvgIpc) is 2.80. The van der Waals surface area contributed by atoms with Crippen LogP contribution in [0.25, 0.3) is 22.3 Å². The molecule has 2 heterocycles. The summed E-state index contributed by atoms with van der Waals surface area (Å²) >= 11 is 0. The maximum absolute atomic E-state index is 10.5. The summed E-state index contributed by atoms with van der Waals surface area (Å²) in [7, 11) is 0. The zero-order chi connectivity index (χ0) is 19.9. The van der Waals surface area contributed by atoms with Crippen LogP contribution >= 0.6 is 0 Å². The molecule has 1 aromatic heterocycles. The van der Waals surface area contributed by atoms with Gasteiger partial charge in [-0.15, -0.1) is 0 Å². The third-order valence-electron chi connectivity index (χ3n) is 5.43. The fourth-order valence-corrected chi connectivity index (χ4v) is 3.79. The number of carbonyl (C=O) groups is 1. The molecule has 1 aliphatic heterocycles. The number of nitrogens with zero attached hydrogens (tertiary/aromatic N) is 2. The van der Waals surface area contributed by atoms with Gasteiger partial charge in [-0.25, -0.2) is 0 Å². The first-order chi connectivity index (χ1) is 14.3. The van der Waals surface area contributed by atoms with Crippen molar-refractivity contribution in [2.45, 2.75) is 25.4 Å². The summed E-state index contributed by atoms with van der Waals surface area (Å²) in [5, 5.41) is 0. The van der Waals surface area contributed by atoms with E-state index in [0.29, 0.717) is 6.42 Å². The van der Waals surface area contributed by atoms with Gasteiger partial charge in [0, 0.05) is 49.6 Å². The highest BCUT2D eigenvalue weighted by atomic mass is 16.5. The van der Waals surface area contributed by atoms with Crippen molar-refractivity contribution in [2.24, 2.45) is 0 Å². The molecule has 4 nitrogen and oxygen atoms in total. The van der Waals surface area contributed by atoms with Crippen LogP contribution in [0.2, 0.25) is 0 Å². The van der Waals surface area contributed by atoms with E-state index in [2.05, 4.69) is 40.2 Å². The summed E-state index contributed by atoms with van der Waals surface area (Å²) in [5.74, 6) is 0.910. The van der Waals surface area contributed by atoms with Crippen molar-refractivity contribution in [3.8, 4) is 28.0 Å². The number of carbonyl (C=O) groups excluding carboxylic acids is 1. The highest BCUT2D eigenvalue weighted by molar-refractivity contribution is 5.71. The number of likely N-dealkylation sites (tertiary alicyclic amines) is 1. The van der Waals surface area contributed by atoms with E-state index in [1.54, 1.807) is 0 Å². The molecular formula is C25H26N2O2. The molecule has 148 valence electrons. The van der Waals surface area contributed by atoms with Gasteiger partial charge in [-0.1, -0.05) is 42.5 Å². The van der Waals surface area contributed by atoms with Gasteiger partial charge in [0.25, 0.3) is 0 Å². The summed E-state index contributed by atoms with van der Waals surface area (Å²) in [6, 6.07) is 20.8. The second-order valence-electron chi connectivity index (χ2n) is 7.47. The quantitative estimate of drug-likeness (QED) is 0.545. The minimum atomic E-state index is 0.247. The second kappa shape index (κ2) is 9.48. The van der Waals surface area contributed by atoms with Crippen LogP contribution in [0.1, 0.15) is 19.3 Å². The fraction of sp³-hybridized carbons (Fsp3) is 0.280. The van der Waals surface area contributed by atoms with Crippen molar-refractivity contribution in [1.29, 1.82) is 0 Å². The monoisotopic (exact) mass is 386 g/mol. The van der Waals surface area contributed by atoms with Gasteiger partial charge >= 0.3 is 0 Å². The van der Waals surface area contributed by atoms with Crippen LogP contribution in [0.3, 0.4) is 0 Å². The van der Waals surface area contributed by atoms with E-state index in [4.69, 9.17) is 4.74 Å². The lowest BCUT2D eigenvalue weighted by molar-refractivity contribution is -0.108. The molecule has 0 spiro atoms. The molecule has 0 radical (unpaired) electrons. The van der Waals surface area contributed by atoms with Crippen molar-refractivity contribution in [2.75, 3.05) is 19.6 Å². The molecule has 0 bridgehead atoms. The Morgan fingerprint density at radius 3 is 2.21 bits per heavy atom. The molecular weight excluding hydrogens is 360 g/mol. The Kier molecular flexibility index (Phi) is 6.32. The number of aldehydes is 1. The number of ether oxygens (including phenoxy) is 1. The molecule has 0 unspecified atom stereocenters. The Hall–Kier alpha value is -2.98. The summed E-state index contributed by atoms with van der Waals surface area (Å²) in [4.78, 5) is 17.3. The molecule has 29 heavy (non-hydrogen) atoms. The molecule has 0 N–H and O–H groups in total. The third kappa shape index (κ3) is 5.09. The number of hydrogen-bond acceptors (Lipinski definition) is 4. The molecule has 0 atom stereocenters. The Morgan fingerprint density at radius 1 is 0.897 bits per heavy atom. The lowest BCUT2D eigenvalue weighted by Gasteiger charge is -2.31. The van der Waals surface area contributed by atoms with Crippen LogP contribution in [0, 0.1) is 0 Å². The van der Waals surface area contributed by atoms with Crippen LogP contribution < -0.4 is 4.74 Å². The van der Waals surface area contributed by atoms with Crippen LogP contribution in [0.5, 0.6) is 5.75 Å². The lowest BCUT2D eigenvalue weighted by atomic mass is 10.0. The van der Waals surface area contributed by atoms with Gasteiger partial charge in [-0.3, -0.25) is 4.98 Å². The zero-order valence-electron chi connectivity index (χ0n) is 16.5. The van der Waals surface area contributed by atoms with Crippen molar-refractivity contribution < 1.29 is 9.53 Å². The van der Waals surface area contributed by atoms with Crippen LogP contribution in [-0.4, -0.2) is 41.9 Å². The van der Waals surface area contributed by atoms with Crippen LogP contribution in [-0.2, 0) is 4.79 Å². The first kappa shape index (κ1) is 19.3. The van der Waals surface area contributed by atoms with E-state index >= 15 is 0 Å². The van der Waals surface area contributed by atoms with Gasteiger partial charge < -0.3 is 14.4 Å². The van der Waals surface area contributed by atoms with E-state index in [9.17, 15) is 4.79 Å². The Balaban J connectivity index is 1.38. The SMILES string of the molecule is O=CCCN1CCC(Oc2ccc(-c3cncc(-c4ccccc4)c3)cc2)CC1. The molecule has 4 heteroatoms. The molecule has 1 fully saturated rings. The first-order valence-corrected chi connectivity index (χ1v) is 10.3. The van der Waals surface area contributed by atoms with E-state index < -0.39 is 0 Å². The zero-order valence-corrected chi connectivity index (χ0v) is 16.5. The Bertz CT molecular complexity index is 917. The maximum Gasteiger partial charge on any atom is 0.121 e. The van der Waals surface area contributed by atoms with Crippen LogP contribution in [0.15, 0.2) is 73.1 Å². The van der Waals surface area contributed by atoms with Gasteiger partial charge in [0.15, 0.2) is 0 Å². The lowest BCUT2D eigenvalue weighted by Crippen LogP contribution is -2.38. The molecule has 4 rings (SSSR count). The van der Waals surface area contributed by atoms with Gasteiger partial charge in [-0.05, 0) is 42.2 Å². The minimum absolute atomic E-state index is 0.247. The van der Waals surface area contributed by atoms with Gasteiger partial charge in [0.2, 0.25) is 0 Å². The molecule has 1 saturated heterocycles. The molecule has 2 aromatic carbocycles. The van der Waals surface area contributed by atoms with Crippen molar-refractivity contribution >= 4 is 6.29 Å². The van der Waals surface area contributed by atoms with Gasteiger partial charge in [-0.2, -0.15) is 0 Å². The fourth-order valence-electron chi connectivity index (χ4n) is 3.79. The highest BCUT2D eigenvalue weighted by Crippen LogP contribution is 2.27. The summed E-state index contributed by atoms with van der Waals surface area (Å²) in [5.41, 5.74) is 4.51. The van der Waals surface area contributed by atoms with E-state index in [-0.39, 0.29) is 6.10 Å². The van der Waals surface area contributed by atoms with E-state index in [1.807, 2.05) is 42.7 Å². The molecule has 1 aliphatic rings. The molecule has 0 saturated carbocycles. The first-order valence-electron chi connectivity index (χ1n) is 10.3. The van der Waals surface area contributed by atoms with Crippen LogP contribution in [0.4, 0.5) is 0 Å².